The second-order valence-corrected chi connectivity index (χ2v) is 5.80. The number of guanidine groups is 1. The fraction of sp³-hybridized carbons (Fsp3) is 0.588. The van der Waals surface area contributed by atoms with Crippen molar-refractivity contribution in [3.63, 3.8) is 0 Å². The SMILES string of the molecule is CCc1ccccc1CNC(=NC)NCC1(C)CCCO1.I. The molecule has 2 rings (SSSR count). The Morgan fingerprint density at radius 3 is 2.59 bits per heavy atom. The molecule has 22 heavy (non-hydrogen) atoms. The minimum atomic E-state index is -0.0566. The molecule has 0 saturated carbocycles. The first-order valence-corrected chi connectivity index (χ1v) is 7.82. The van der Waals surface area contributed by atoms with Gasteiger partial charge in [0, 0.05) is 26.7 Å². The zero-order valence-electron chi connectivity index (χ0n) is 13.8. The molecule has 0 aliphatic carbocycles. The van der Waals surface area contributed by atoms with E-state index in [1.165, 1.54) is 11.1 Å². The molecule has 0 bridgehead atoms. The Labute approximate surface area is 151 Å². The first kappa shape index (κ1) is 19.2. The molecule has 0 amide bonds. The Kier molecular flexibility index (Phi) is 8.17. The zero-order chi connectivity index (χ0) is 15.1. The van der Waals surface area contributed by atoms with Crippen molar-refractivity contribution in [2.45, 2.75) is 45.3 Å². The van der Waals surface area contributed by atoms with Gasteiger partial charge in [-0.2, -0.15) is 0 Å². The summed E-state index contributed by atoms with van der Waals surface area (Å²) in [6.45, 7) is 6.80. The number of ether oxygens (including phenoxy) is 1. The third-order valence-corrected chi connectivity index (χ3v) is 4.10. The van der Waals surface area contributed by atoms with Gasteiger partial charge in [-0.1, -0.05) is 31.2 Å². The van der Waals surface area contributed by atoms with Gasteiger partial charge in [-0.3, -0.25) is 4.99 Å². The van der Waals surface area contributed by atoms with Crippen LogP contribution in [0.25, 0.3) is 0 Å². The monoisotopic (exact) mass is 417 g/mol. The topological polar surface area (TPSA) is 45.7 Å². The molecule has 124 valence electrons. The van der Waals surface area contributed by atoms with Crippen molar-refractivity contribution in [2.75, 3.05) is 20.2 Å². The minimum absolute atomic E-state index is 0. The van der Waals surface area contributed by atoms with E-state index in [0.717, 1.165) is 44.9 Å². The number of rotatable bonds is 5. The predicted octanol–water partition coefficient (Wildman–Crippen LogP) is 3.10. The summed E-state index contributed by atoms with van der Waals surface area (Å²) >= 11 is 0. The third kappa shape index (κ3) is 5.43. The maximum atomic E-state index is 5.79. The molecule has 1 aromatic carbocycles. The Hall–Kier alpha value is -0.820. The van der Waals surface area contributed by atoms with Gasteiger partial charge in [-0.25, -0.2) is 0 Å². The molecule has 0 aromatic heterocycles. The summed E-state index contributed by atoms with van der Waals surface area (Å²) in [5.41, 5.74) is 2.65. The quantitative estimate of drug-likeness (QED) is 0.440. The largest absolute Gasteiger partial charge is 0.373 e. The van der Waals surface area contributed by atoms with Crippen LogP contribution in [0, 0.1) is 0 Å². The lowest BCUT2D eigenvalue weighted by Gasteiger charge is -2.24. The lowest BCUT2D eigenvalue weighted by molar-refractivity contribution is 0.0243. The lowest BCUT2D eigenvalue weighted by Crippen LogP contribution is -2.45. The Balaban J connectivity index is 0.00000242. The molecule has 1 heterocycles. The van der Waals surface area contributed by atoms with E-state index >= 15 is 0 Å². The average molecular weight is 417 g/mol. The molecule has 2 N–H and O–H groups in total. The van der Waals surface area contributed by atoms with Crippen molar-refractivity contribution in [3.05, 3.63) is 35.4 Å². The first-order chi connectivity index (χ1) is 10.2. The van der Waals surface area contributed by atoms with Gasteiger partial charge in [-0.15, -0.1) is 24.0 Å². The van der Waals surface area contributed by atoms with Crippen molar-refractivity contribution >= 4 is 29.9 Å². The van der Waals surface area contributed by atoms with Crippen LogP contribution in [0.3, 0.4) is 0 Å². The second kappa shape index (κ2) is 9.35. The number of nitrogens with one attached hydrogen (secondary N) is 2. The third-order valence-electron chi connectivity index (χ3n) is 4.10. The number of aryl methyl sites for hydroxylation is 1. The van der Waals surface area contributed by atoms with Gasteiger partial charge in [0.25, 0.3) is 0 Å². The van der Waals surface area contributed by atoms with Gasteiger partial charge in [0.1, 0.15) is 0 Å². The zero-order valence-corrected chi connectivity index (χ0v) is 16.1. The predicted molar refractivity (Wildman–Crippen MR) is 103 cm³/mol. The van der Waals surface area contributed by atoms with Gasteiger partial charge in [-0.05, 0) is 37.3 Å². The maximum Gasteiger partial charge on any atom is 0.191 e. The molecule has 1 fully saturated rings. The fourth-order valence-electron chi connectivity index (χ4n) is 2.72. The van der Waals surface area contributed by atoms with E-state index in [9.17, 15) is 0 Å². The molecule has 1 aliphatic rings. The number of nitrogens with zero attached hydrogens (tertiary/aromatic N) is 1. The van der Waals surface area contributed by atoms with Gasteiger partial charge in [0.05, 0.1) is 5.60 Å². The molecule has 1 aromatic rings. The van der Waals surface area contributed by atoms with Gasteiger partial charge in [0.2, 0.25) is 0 Å². The first-order valence-electron chi connectivity index (χ1n) is 7.82. The number of halogens is 1. The average Bonchev–Trinajstić information content (AvgIpc) is 2.95. The molecule has 1 atom stereocenters. The van der Waals surface area contributed by atoms with Crippen LogP contribution in [0.15, 0.2) is 29.3 Å². The van der Waals surface area contributed by atoms with Crippen LogP contribution in [0.5, 0.6) is 0 Å². The van der Waals surface area contributed by atoms with Gasteiger partial charge < -0.3 is 15.4 Å². The van der Waals surface area contributed by atoms with Crippen LogP contribution in [0.1, 0.15) is 37.8 Å². The van der Waals surface area contributed by atoms with Gasteiger partial charge in [0.15, 0.2) is 5.96 Å². The van der Waals surface area contributed by atoms with Crippen molar-refractivity contribution < 1.29 is 4.74 Å². The van der Waals surface area contributed by atoms with Gasteiger partial charge >= 0.3 is 0 Å². The summed E-state index contributed by atoms with van der Waals surface area (Å²) in [5.74, 6) is 0.831. The van der Waals surface area contributed by atoms with E-state index in [1.54, 1.807) is 7.05 Å². The van der Waals surface area contributed by atoms with Crippen LogP contribution < -0.4 is 10.6 Å². The number of aliphatic imine (C=N–C) groups is 1. The molecular weight excluding hydrogens is 389 g/mol. The lowest BCUT2D eigenvalue weighted by atomic mass is 10.0. The summed E-state index contributed by atoms with van der Waals surface area (Å²) < 4.78 is 5.79. The van der Waals surface area contributed by atoms with E-state index < -0.39 is 0 Å². The highest BCUT2D eigenvalue weighted by Gasteiger charge is 2.29. The summed E-state index contributed by atoms with van der Waals surface area (Å²) in [6, 6.07) is 8.52. The minimum Gasteiger partial charge on any atom is -0.373 e. The Morgan fingerprint density at radius 2 is 2.00 bits per heavy atom. The smallest absolute Gasteiger partial charge is 0.191 e. The molecule has 0 radical (unpaired) electrons. The standard InChI is InChI=1S/C17H27N3O.HI/c1-4-14-8-5-6-9-15(14)12-19-16(18-3)20-13-17(2)10-7-11-21-17;/h5-6,8-9H,4,7,10-13H2,1-3H3,(H2,18,19,20);1H. The summed E-state index contributed by atoms with van der Waals surface area (Å²) in [6.07, 6.45) is 3.31. The highest BCUT2D eigenvalue weighted by Crippen LogP contribution is 2.23. The highest BCUT2D eigenvalue weighted by atomic mass is 127. The van der Waals surface area contributed by atoms with Crippen LogP contribution in [-0.2, 0) is 17.7 Å². The molecule has 1 saturated heterocycles. The molecule has 4 nitrogen and oxygen atoms in total. The number of hydrogen-bond donors (Lipinski definition) is 2. The fourth-order valence-corrected chi connectivity index (χ4v) is 2.72. The molecule has 0 spiro atoms. The van der Waals surface area contributed by atoms with E-state index in [2.05, 4.69) is 53.7 Å². The van der Waals surface area contributed by atoms with E-state index in [-0.39, 0.29) is 29.6 Å². The van der Waals surface area contributed by atoms with Crippen LogP contribution in [0.2, 0.25) is 0 Å². The maximum absolute atomic E-state index is 5.79. The Bertz CT molecular complexity index is 485. The summed E-state index contributed by atoms with van der Waals surface area (Å²) in [5, 5.41) is 6.76. The van der Waals surface area contributed by atoms with Crippen LogP contribution in [-0.4, -0.2) is 31.8 Å². The van der Waals surface area contributed by atoms with Crippen molar-refractivity contribution in [2.24, 2.45) is 4.99 Å². The Morgan fingerprint density at radius 1 is 1.27 bits per heavy atom. The second-order valence-electron chi connectivity index (χ2n) is 5.80. The molecule has 1 aliphatic heterocycles. The van der Waals surface area contributed by atoms with Crippen LogP contribution in [0.4, 0.5) is 0 Å². The number of benzene rings is 1. The van der Waals surface area contributed by atoms with Crippen LogP contribution >= 0.6 is 24.0 Å². The molecular formula is C17H28IN3O. The normalized spacial score (nSPS) is 21.3. The highest BCUT2D eigenvalue weighted by molar-refractivity contribution is 14.0. The van der Waals surface area contributed by atoms with Crippen molar-refractivity contribution in [1.82, 2.24) is 10.6 Å². The summed E-state index contributed by atoms with van der Waals surface area (Å²) in [7, 11) is 1.80. The van der Waals surface area contributed by atoms with E-state index in [1.807, 2.05) is 0 Å². The molecule has 5 heteroatoms. The molecule has 1 unspecified atom stereocenters. The van der Waals surface area contributed by atoms with E-state index in [4.69, 9.17) is 4.74 Å². The summed E-state index contributed by atoms with van der Waals surface area (Å²) in [4.78, 5) is 4.29. The van der Waals surface area contributed by atoms with E-state index in [0.29, 0.717) is 0 Å². The van der Waals surface area contributed by atoms with Crippen molar-refractivity contribution in [3.8, 4) is 0 Å². The van der Waals surface area contributed by atoms with Crippen molar-refractivity contribution in [1.29, 1.82) is 0 Å². The number of hydrogen-bond acceptors (Lipinski definition) is 2.